The number of allylic oxidation sites excluding steroid dienone is 1. The fourth-order valence-corrected chi connectivity index (χ4v) is 2.38. The zero-order chi connectivity index (χ0) is 10.4. The minimum atomic E-state index is 0.422. The predicted octanol–water partition coefficient (Wildman–Crippen LogP) is 3.58. The first-order valence-corrected chi connectivity index (χ1v) is 5.85. The van der Waals surface area contributed by atoms with E-state index in [0.717, 1.165) is 24.3 Å². The van der Waals surface area contributed by atoms with Gasteiger partial charge in [-0.3, -0.25) is 0 Å². The van der Waals surface area contributed by atoms with Crippen LogP contribution in [0, 0.1) is 18.3 Å². The Morgan fingerprint density at radius 3 is 2.86 bits per heavy atom. The SMILES string of the molecule is C[CH]C1CCC(CCCC)CC1=C=O. The highest BCUT2D eigenvalue weighted by Crippen LogP contribution is 2.35. The Labute approximate surface area is 87.6 Å². The maximum Gasteiger partial charge on any atom is 0.123 e. The van der Waals surface area contributed by atoms with Gasteiger partial charge in [-0.05, 0) is 37.5 Å². The average molecular weight is 193 g/mol. The first-order chi connectivity index (χ1) is 6.81. The molecule has 79 valence electrons. The third kappa shape index (κ3) is 2.99. The highest BCUT2D eigenvalue weighted by molar-refractivity contribution is 5.54. The lowest BCUT2D eigenvalue weighted by Crippen LogP contribution is -2.17. The summed E-state index contributed by atoms with van der Waals surface area (Å²) in [7, 11) is 0. The Hall–Kier alpha value is -0.550. The lowest BCUT2D eigenvalue weighted by molar-refractivity contribution is 0.345. The van der Waals surface area contributed by atoms with Crippen LogP contribution in [0.4, 0.5) is 0 Å². The van der Waals surface area contributed by atoms with Crippen LogP contribution in [-0.4, -0.2) is 5.94 Å². The highest BCUT2D eigenvalue weighted by Gasteiger charge is 2.24. The van der Waals surface area contributed by atoms with Crippen molar-refractivity contribution >= 4 is 5.94 Å². The van der Waals surface area contributed by atoms with E-state index in [0.29, 0.717) is 5.92 Å². The molecule has 2 unspecified atom stereocenters. The van der Waals surface area contributed by atoms with Crippen LogP contribution >= 0.6 is 0 Å². The van der Waals surface area contributed by atoms with Crippen molar-refractivity contribution in [2.24, 2.45) is 11.8 Å². The Morgan fingerprint density at radius 2 is 2.29 bits per heavy atom. The molecule has 14 heavy (non-hydrogen) atoms. The Balaban J connectivity index is 2.45. The molecule has 0 spiro atoms. The fraction of sp³-hybridized carbons (Fsp3) is 0.769. The van der Waals surface area contributed by atoms with Crippen LogP contribution < -0.4 is 0 Å². The van der Waals surface area contributed by atoms with Crippen molar-refractivity contribution < 1.29 is 4.79 Å². The van der Waals surface area contributed by atoms with Gasteiger partial charge in [0.05, 0.1) is 0 Å². The van der Waals surface area contributed by atoms with E-state index in [-0.39, 0.29) is 0 Å². The van der Waals surface area contributed by atoms with Crippen LogP contribution in [0.3, 0.4) is 0 Å². The van der Waals surface area contributed by atoms with Crippen molar-refractivity contribution in [2.45, 2.75) is 52.4 Å². The smallest absolute Gasteiger partial charge is 0.123 e. The van der Waals surface area contributed by atoms with Gasteiger partial charge in [0.25, 0.3) is 0 Å². The molecule has 0 aromatic heterocycles. The number of rotatable bonds is 4. The third-order valence-corrected chi connectivity index (χ3v) is 3.34. The second-order valence-electron chi connectivity index (χ2n) is 4.36. The van der Waals surface area contributed by atoms with E-state index in [1.54, 1.807) is 0 Å². The van der Waals surface area contributed by atoms with E-state index < -0.39 is 0 Å². The maximum absolute atomic E-state index is 10.8. The molecule has 1 fully saturated rings. The first-order valence-electron chi connectivity index (χ1n) is 5.85. The molecule has 1 aliphatic rings. The second-order valence-corrected chi connectivity index (χ2v) is 4.36. The van der Waals surface area contributed by atoms with Crippen molar-refractivity contribution in [2.75, 3.05) is 0 Å². The first kappa shape index (κ1) is 11.5. The fourth-order valence-electron chi connectivity index (χ4n) is 2.38. The molecule has 0 bridgehead atoms. The van der Waals surface area contributed by atoms with Crippen molar-refractivity contribution in [3.05, 3.63) is 12.0 Å². The van der Waals surface area contributed by atoms with Gasteiger partial charge >= 0.3 is 0 Å². The summed E-state index contributed by atoms with van der Waals surface area (Å²) in [4.78, 5) is 10.8. The zero-order valence-electron chi connectivity index (χ0n) is 9.38. The number of hydrogen-bond donors (Lipinski definition) is 0. The molecule has 1 heteroatoms. The molecule has 1 aliphatic carbocycles. The molecule has 0 heterocycles. The van der Waals surface area contributed by atoms with Crippen molar-refractivity contribution in [1.29, 1.82) is 0 Å². The van der Waals surface area contributed by atoms with Gasteiger partial charge in [0.15, 0.2) is 0 Å². The number of unbranched alkanes of at least 4 members (excludes halogenated alkanes) is 1. The van der Waals surface area contributed by atoms with E-state index in [1.807, 2.05) is 6.92 Å². The van der Waals surface area contributed by atoms with Crippen LogP contribution in [-0.2, 0) is 4.79 Å². The van der Waals surface area contributed by atoms with Crippen LogP contribution in [0.25, 0.3) is 0 Å². The van der Waals surface area contributed by atoms with Crippen molar-refractivity contribution in [1.82, 2.24) is 0 Å². The molecule has 0 N–H and O–H groups in total. The Morgan fingerprint density at radius 1 is 1.50 bits per heavy atom. The summed E-state index contributed by atoms with van der Waals surface area (Å²) in [5.74, 6) is 3.32. The van der Waals surface area contributed by atoms with Crippen LogP contribution in [0.2, 0.25) is 0 Å². The van der Waals surface area contributed by atoms with Gasteiger partial charge in [0.2, 0.25) is 0 Å². The molecule has 0 aromatic rings. The van der Waals surface area contributed by atoms with Crippen LogP contribution in [0.1, 0.15) is 52.4 Å². The van der Waals surface area contributed by atoms with Gasteiger partial charge in [-0.1, -0.05) is 33.1 Å². The summed E-state index contributed by atoms with van der Waals surface area (Å²) in [6.45, 7) is 4.27. The van der Waals surface area contributed by atoms with Crippen LogP contribution in [0.5, 0.6) is 0 Å². The minimum Gasteiger partial charge on any atom is -0.234 e. The van der Waals surface area contributed by atoms with Gasteiger partial charge in [0.1, 0.15) is 5.94 Å². The van der Waals surface area contributed by atoms with Crippen LogP contribution in [0.15, 0.2) is 5.57 Å². The second kappa shape index (κ2) is 6.03. The van der Waals surface area contributed by atoms with E-state index in [2.05, 4.69) is 19.3 Å². The molecule has 2 atom stereocenters. The normalized spacial score (nSPS) is 27.4. The average Bonchev–Trinajstić information content (AvgIpc) is 2.25. The molecular weight excluding hydrogens is 172 g/mol. The molecule has 0 aromatic carbocycles. The lowest BCUT2D eigenvalue weighted by atomic mass is 9.76. The summed E-state index contributed by atoms with van der Waals surface area (Å²) < 4.78 is 0. The topological polar surface area (TPSA) is 17.1 Å². The molecule has 1 rings (SSSR count). The maximum atomic E-state index is 10.8. The molecule has 1 radical (unpaired) electrons. The lowest BCUT2D eigenvalue weighted by Gasteiger charge is -2.28. The minimum absolute atomic E-state index is 0.422. The molecule has 1 nitrogen and oxygen atoms in total. The molecule has 0 saturated heterocycles. The monoisotopic (exact) mass is 193 g/mol. The molecule has 1 saturated carbocycles. The summed E-state index contributed by atoms with van der Waals surface area (Å²) >= 11 is 0. The molecule has 0 amide bonds. The number of carbonyl (C=O) groups excluding carboxylic acids is 1. The van der Waals surface area contributed by atoms with E-state index in [9.17, 15) is 4.79 Å². The quantitative estimate of drug-likeness (QED) is 0.624. The van der Waals surface area contributed by atoms with Gasteiger partial charge in [-0.15, -0.1) is 0 Å². The van der Waals surface area contributed by atoms with Crippen molar-refractivity contribution in [3.8, 4) is 0 Å². The largest absolute Gasteiger partial charge is 0.234 e. The van der Waals surface area contributed by atoms with E-state index in [1.165, 1.54) is 25.7 Å². The summed E-state index contributed by atoms with van der Waals surface area (Å²) in [5, 5.41) is 0. The molecular formula is C13H21O. The van der Waals surface area contributed by atoms with E-state index in [4.69, 9.17) is 0 Å². The van der Waals surface area contributed by atoms with Gasteiger partial charge in [-0.25, -0.2) is 4.79 Å². The predicted molar refractivity (Wildman–Crippen MR) is 59.5 cm³/mol. The summed E-state index contributed by atoms with van der Waals surface area (Å²) in [6.07, 6.45) is 9.46. The third-order valence-electron chi connectivity index (χ3n) is 3.34. The highest BCUT2D eigenvalue weighted by atomic mass is 16.1. The van der Waals surface area contributed by atoms with Crippen molar-refractivity contribution in [3.63, 3.8) is 0 Å². The van der Waals surface area contributed by atoms with Gasteiger partial charge < -0.3 is 0 Å². The Kier molecular flexibility index (Phi) is 4.97. The number of hydrogen-bond acceptors (Lipinski definition) is 1. The molecule has 0 aliphatic heterocycles. The summed E-state index contributed by atoms with van der Waals surface area (Å²) in [6, 6.07) is 0. The van der Waals surface area contributed by atoms with Gasteiger partial charge in [-0.2, -0.15) is 0 Å². The Bertz CT molecular complexity index is 213. The summed E-state index contributed by atoms with van der Waals surface area (Å²) in [5.41, 5.74) is 1.01. The standard InChI is InChI=1S/C13H21O/c1-3-5-6-11-7-8-12(4-2)13(9-11)10-14/h4,11-12H,3,5-9H2,1-2H3. The van der Waals surface area contributed by atoms with Gasteiger partial charge in [0, 0.05) is 5.57 Å². The van der Waals surface area contributed by atoms with E-state index >= 15 is 0 Å². The zero-order valence-corrected chi connectivity index (χ0v) is 9.38.